The van der Waals surface area contributed by atoms with Gasteiger partial charge in [0, 0.05) is 0 Å². The van der Waals surface area contributed by atoms with E-state index in [2.05, 4.69) is 61.5 Å². The van der Waals surface area contributed by atoms with E-state index >= 15 is 0 Å². The smallest absolute Gasteiger partial charge is 0.00993 e. The lowest BCUT2D eigenvalue weighted by Crippen LogP contribution is -1.98. The maximum Gasteiger partial charge on any atom is -0.00993 e. The van der Waals surface area contributed by atoms with Crippen LogP contribution in [-0.4, -0.2) is 0 Å². The highest BCUT2D eigenvalue weighted by atomic mass is 14.2. The summed E-state index contributed by atoms with van der Waals surface area (Å²) in [5.74, 6) is 0. The molecule has 0 heterocycles. The molecule has 0 nitrogen and oxygen atoms in total. The molecular weight excluding hydrogens is 252 g/mol. The van der Waals surface area contributed by atoms with Crippen LogP contribution in [0.2, 0.25) is 0 Å². The molecule has 3 aromatic rings. The average Bonchev–Trinajstić information content (AvgIpc) is 2.55. The minimum atomic E-state index is 1.23. The highest BCUT2D eigenvalue weighted by Crippen LogP contribution is 2.38. The fourth-order valence-corrected chi connectivity index (χ4v) is 3.72. The van der Waals surface area contributed by atoms with Gasteiger partial charge in [0.05, 0.1) is 0 Å². The van der Waals surface area contributed by atoms with Crippen LogP contribution in [0.5, 0.6) is 0 Å². The zero-order valence-electron chi connectivity index (χ0n) is 12.5. The fourth-order valence-electron chi connectivity index (χ4n) is 3.72. The summed E-state index contributed by atoms with van der Waals surface area (Å²) in [6.07, 6.45) is 5.17. The van der Waals surface area contributed by atoms with Gasteiger partial charge < -0.3 is 0 Å². The summed E-state index contributed by atoms with van der Waals surface area (Å²) in [6.45, 7) is 2.32. The molecule has 0 atom stereocenters. The van der Waals surface area contributed by atoms with E-state index in [1.165, 1.54) is 52.8 Å². The molecule has 0 radical (unpaired) electrons. The van der Waals surface area contributed by atoms with Crippen molar-refractivity contribution in [3.05, 3.63) is 65.7 Å². The van der Waals surface area contributed by atoms with Gasteiger partial charge in [0.15, 0.2) is 0 Å². The second-order valence-corrected chi connectivity index (χ2v) is 6.16. The van der Waals surface area contributed by atoms with Crippen LogP contribution in [0, 0.1) is 0 Å². The van der Waals surface area contributed by atoms with Crippen molar-refractivity contribution in [2.75, 3.05) is 0 Å². The van der Waals surface area contributed by atoms with E-state index in [1.54, 1.807) is 11.1 Å². The van der Waals surface area contributed by atoms with Crippen molar-refractivity contribution in [1.29, 1.82) is 0 Å². The Hall–Kier alpha value is -2.08. The van der Waals surface area contributed by atoms with E-state index < -0.39 is 0 Å². The van der Waals surface area contributed by atoms with E-state index in [4.69, 9.17) is 0 Å². The van der Waals surface area contributed by atoms with E-state index in [-0.39, 0.29) is 0 Å². The van der Waals surface area contributed by atoms with Crippen molar-refractivity contribution in [3.63, 3.8) is 0 Å². The molecule has 0 bridgehead atoms. The van der Waals surface area contributed by atoms with Crippen molar-refractivity contribution >= 4 is 27.1 Å². The number of hydrogen-bond donors (Lipinski definition) is 0. The zero-order valence-corrected chi connectivity index (χ0v) is 12.5. The van der Waals surface area contributed by atoms with Gasteiger partial charge >= 0.3 is 0 Å². The molecule has 1 aliphatic carbocycles. The maximum absolute atomic E-state index is 2.40. The molecular formula is C21H20. The topological polar surface area (TPSA) is 0 Å². The molecule has 0 unspecified atom stereocenters. The Morgan fingerprint density at radius 1 is 0.714 bits per heavy atom. The first-order chi connectivity index (χ1) is 10.3. The van der Waals surface area contributed by atoms with E-state index in [0.717, 1.165) is 0 Å². The molecule has 104 valence electrons. The molecule has 0 fully saturated rings. The molecule has 0 spiro atoms. The highest BCUT2D eigenvalue weighted by molar-refractivity contribution is 6.12. The van der Waals surface area contributed by atoms with Crippen LogP contribution in [0.4, 0.5) is 0 Å². The molecule has 0 saturated heterocycles. The van der Waals surface area contributed by atoms with Crippen LogP contribution in [0.1, 0.15) is 38.2 Å². The highest BCUT2D eigenvalue weighted by Gasteiger charge is 2.15. The molecule has 0 aliphatic heterocycles. The molecule has 4 rings (SSSR count). The Balaban J connectivity index is 2.12. The monoisotopic (exact) mass is 272 g/mol. The molecule has 0 aromatic heterocycles. The van der Waals surface area contributed by atoms with Crippen LogP contribution in [0.15, 0.2) is 60.2 Å². The first kappa shape index (κ1) is 12.6. The number of hydrogen-bond acceptors (Lipinski definition) is 0. The SMILES string of the molecule is CC1=C(c2cc3ccccc3c3ccccc23)CCCC1. The van der Waals surface area contributed by atoms with Crippen LogP contribution < -0.4 is 0 Å². The lowest BCUT2D eigenvalue weighted by atomic mass is 9.84. The van der Waals surface area contributed by atoms with E-state index in [1.807, 2.05) is 0 Å². The Morgan fingerprint density at radius 2 is 1.38 bits per heavy atom. The fraction of sp³-hybridized carbons (Fsp3) is 0.238. The first-order valence-electron chi connectivity index (χ1n) is 7.94. The van der Waals surface area contributed by atoms with Crippen LogP contribution in [-0.2, 0) is 0 Å². The third-order valence-corrected chi connectivity index (χ3v) is 4.84. The summed E-state index contributed by atoms with van der Waals surface area (Å²) >= 11 is 0. The molecule has 1 aliphatic rings. The first-order valence-corrected chi connectivity index (χ1v) is 7.94. The Morgan fingerprint density at radius 3 is 2.19 bits per heavy atom. The summed E-state index contributed by atoms with van der Waals surface area (Å²) in [4.78, 5) is 0. The molecule has 3 aromatic carbocycles. The van der Waals surface area contributed by atoms with Gasteiger partial charge in [-0.2, -0.15) is 0 Å². The summed E-state index contributed by atoms with van der Waals surface area (Å²) in [6, 6.07) is 20.0. The maximum atomic E-state index is 2.40. The van der Waals surface area contributed by atoms with Crippen LogP contribution in [0.3, 0.4) is 0 Å². The second-order valence-electron chi connectivity index (χ2n) is 6.16. The van der Waals surface area contributed by atoms with Crippen molar-refractivity contribution in [2.45, 2.75) is 32.6 Å². The van der Waals surface area contributed by atoms with Crippen molar-refractivity contribution in [3.8, 4) is 0 Å². The molecule has 0 heteroatoms. The van der Waals surface area contributed by atoms with Gasteiger partial charge in [-0.3, -0.25) is 0 Å². The van der Waals surface area contributed by atoms with Crippen molar-refractivity contribution in [1.82, 2.24) is 0 Å². The predicted molar refractivity (Wildman–Crippen MR) is 92.5 cm³/mol. The Bertz CT molecular complexity index is 852. The van der Waals surface area contributed by atoms with Crippen LogP contribution in [0.25, 0.3) is 27.1 Å². The lowest BCUT2D eigenvalue weighted by molar-refractivity contribution is 0.715. The summed E-state index contributed by atoms with van der Waals surface area (Å²) < 4.78 is 0. The summed E-state index contributed by atoms with van der Waals surface area (Å²) in [5, 5.41) is 5.52. The average molecular weight is 272 g/mol. The van der Waals surface area contributed by atoms with Crippen molar-refractivity contribution in [2.24, 2.45) is 0 Å². The largest absolute Gasteiger partial charge is 0.0695 e. The van der Waals surface area contributed by atoms with Gasteiger partial charge in [-0.1, -0.05) is 54.1 Å². The third kappa shape index (κ3) is 2.06. The van der Waals surface area contributed by atoms with E-state index in [0.29, 0.717) is 0 Å². The predicted octanol–water partition coefficient (Wildman–Crippen LogP) is 6.34. The number of benzene rings is 3. The standard InChI is InChI=1S/C21H20/c1-15-8-2-4-10-17(15)21-14-16-9-3-5-11-18(16)19-12-6-7-13-20(19)21/h3,5-7,9,11-14H,2,4,8,10H2,1H3. The third-order valence-electron chi connectivity index (χ3n) is 4.84. The summed E-state index contributed by atoms with van der Waals surface area (Å²) in [5.41, 5.74) is 4.63. The van der Waals surface area contributed by atoms with Crippen molar-refractivity contribution < 1.29 is 0 Å². The van der Waals surface area contributed by atoms with Gasteiger partial charge in [0.2, 0.25) is 0 Å². The second kappa shape index (κ2) is 5.04. The Kier molecular flexibility index (Phi) is 3.03. The quantitative estimate of drug-likeness (QED) is 0.453. The van der Waals surface area contributed by atoms with Gasteiger partial charge in [-0.05, 0) is 71.4 Å². The minimum Gasteiger partial charge on any atom is -0.0695 e. The van der Waals surface area contributed by atoms with Gasteiger partial charge in [-0.25, -0.2) is 0 Å². The minimum absolute atomic E-state index is 1.23. The number of allylic oxidation sites excluding steroid dienone is 2. The molecule has 0 amide bonds. The van der Waals surface area contributed by atoms with Gasteiger partial charge in [0.1, 0.15) is 0 Å². The lowest BCUT2D eigenvalue weighted by Gasteiger charge is -2.20. The van der Waals surface area contributed by atoms with Gasteiger partial charge in [0.25, 0.3) is 0 Å². The Labute approximate surface area is 126 Å². The molecule has 21 heavy (non-hydrogen) atoms. The molecule has 0 saturated carbocycles. The molecule has 0 N–H and O–H groups in total. The normalized spacial score (nSPS) is 15.9. The van der Waals surface area contributed by atoms with Crippen LogP contribution >= 0.6 is 0 Å². The zero-order chi connectivity index (χ0) is 14.2. The summed E-state index contributed by atoms with van der Waals surface area (Å²) in [7, 11) is 0. The number of rotatable bonds is 1. The van der Waals surface area contributed by atoms with E-state index in [9.17, 15) is 0 Å². The van der Waals surface area contributed by atoms with Gasteiger partial charge in [-0.15, -0.1) is 0 Å². The number of fused-ring (bicyclic) bond motifs is 3.